The van der Waals surface area contributed by atoms with Crippen molar-refractivity contribution in [3.8, 4) is 11.4 Å². The van der Waals surface area contributed by atoms with Gasteiger partial charge in [-0.05, 0) is 31.4 Å². The largest absolute Gasteiger partial charge is 0.480 e. The zero-order valence-electron chi connectivity index (χ0n) is 12.5. The van der Waals surface area contributed by atoms with Crippen molar-refractivity contribution < 1.29 is 14.4 Å². The van der Waals surface area contributed by atoms with Gasteiger partial charge in [-0.25, -0.2) is 0 Å². The van der Waals surface area contributed by atoms with Gasteiger partial charge in [-0.2, -0.15) is 4.98 Å². The lowest BCUT2D eigenvalue weighted by Crippen LogP contribution is -2.35. The second-order valence-corrected chi connectivity index (χ2v) is 5.53. The highest BCUT2D eigenvalue weighted by Crippen LogP contribution is 2.21. The first kappa shape index (κ1) is 14.7. The molecule has 1 N–H and O–H groups in total. The Bertz CT molecular complexity index is 651. The molecular formula is C16H19N3O3. The standard InChI is InChI=1S/C16H19N3O3/c1-2-11-5-7-12(8-6-11)15-17-14(22-18-15)10-19-9-3-4-13(19)16(20)21/h5-8,13H,2-4,9-10H2,1H3,(H,20,21)/t13-/m1/s1. The third-order valence-corrected chi connectivity index (χ3v) is 4.08. The van der Waals surface area contributed by atoms with Crippen LogP contribution in [0.5, 0.6) is 0 Å². The molecule has 0 amide bonds. The van der Waals surface area contributed by atoms with Gasteiger partial charge in [0.2, 0.25) is 11.7 Å². The molecule has 1 saturated heterocycles. The molecule has 6 nitrogen and oxygen atoms in total. The predicted molar refractivity (Wildman–Crippen MR) is 80.2 cm³/mol. The zero-order valence-corrected chi connectivity index (χ0v) is 12.5. The number of carboxylic acid groups (broad SMARTS) is 1. The average Bonchev–Trinajstić information content (AvgIpc) is 3.17. The van der Waals surface area contributed by atoms with Crippen molar-refractivity contribution in [2.24, 2.45) is 0 Å². The minimum Gasteiger partial charge on any atom is -0.480 e. The van der Waals surface area contributed by atoms with Crippen LogP contribution in [-0.2, 0) is 17.8 Å². The molecule has 6 heteroatoms. The molecule has 0 bridgehead atoms. The lowest BCUT2D eigenvalue weighted by molar-refractivity contribution is -0.142. The van der Waals surface area contributed by atoms with Crippen molar-refractivity contribution in [2.75, 3.05) is 6.54 Å². The van der Waals surface area contributed by atoms with Crippen LogP contribution in [0.4, 0.5) is 0 Å². The fraction of sp³-hybridized carbons (Fsp3) is 0.438. The molecule has 0 unspecified atom stereocenters. The number of hydrogen-bond acceptors (Lipinski definition) is 5. The summed E-state index contributed by atoms with van der Waals surface area (Å²) in [6.07, 6.45) is 2.55. The van der Waals surface area contributed by atoms with Crippen LogP contribution in [0.1, 0.15) is 31.2 Å². The van der Waals surface area contributed by atoms with Gasteiger partial charge >= 0.3 is 5.97 Å². The molecular weight excluding hydrogens is 282 g/mol. The summed E-state index contributed by atoms with van der Waals surface area (Å²) in [4.78, 5) is 17.4. The number of carbonyl (C=O) groups is 1. The second kappa shape index (κ2) is 6.27. The van der Waals surface area contributed by atoms with E-state index in [4.69, 9.17) is 4.52 Å². The number of aryl methyl sites for hydroxylation is 1. The smallest absolute Gasteiger partial charge is 0.320 e. The number of likely N-dealkylation sites (tertiary alicyclic amines) is 1. The number of hydrogen-bond donors (Lipinski definition) is 1. The van der Waals surface area contributed by atoms with E-state index in [1.54, 1.807) is 0 Å². The third-order valence-electron chi connectivity index (χ3n) is 4.08. The van der Waals surface area contributed by atoms with Gasteiger partial charge in [-0.3, -0.25) is 9.69 Å². The van der Waals surface area contributed by atoms with Crippen molar-refractivity contribution in [3.05, 3.63) is 35.7 Å². The van der Waals surface area contributed by atoms with E-state index in [-0.39, 0.29) is 0 Å². The highest BCUT2D eigenvalue weighted by atomic mass is 16.5. The van der Waals surface area contributed by atoms with E-state index >= 15 is 0 Å². The van der Waals surface area contributed by atoms with Crippen molar-refractivity contribution >= 4 is 5.97 Å². The molecule has 2 aromatic rings. The summed E-state index contributed by atoms with van der Waals surface area (Å²) < 4.78 is 5.27. The lowest BCUT2D eigenvalue weighted by atomic mass is 10.1. The zero-order chi connectivity index (χ0) is 15.5. The fourth-order valence-electron chi connectivity index (χ4n) is 2.79. The first-order chi connectivity index (χ1) is 10.7. The Morgan fingerprint density at radius 2 is 2.18 bits per heavy atom. The molecule has 3 rings (SSSR count). The number of aromatic nitrogens is 2. The van der Waals surface area contributed by atoms with Gasteiger partial charge in [0, 0.05) is 5.56 Å². The van der Waals surface area contributed by atoms with Crippen molar-refractivity contribution in [3.63, 3.8) is 0 Å². The average molecular weight is 301 g/mol. The Morgan fingerprint density at radius 1 is 1.41 bits per heavy atom. The molecule has 0 spiro atoms. The summed E-state index contributed by atoms with van der Waals surface area (Å²) in [5.74, 6) is 0.221. The summed E-state index contributed by atoms with van der Waals surface area (Å²) >= 11 is 0. The van der Waals surface area contributed by atoms with Gasteiger partial charge in [0.25, 0.3) is 0 Å². The molecule has 1 fully saturated rings. The van der Waals surface area contributed by atoms with Crippen LogP contribution in [-0.4, -0.2) is 38.7 Å². The summed E-state index contributed by atoms with van der Waals surface area (Å²) in [5.41, 5.74) is 2.16. The number of benzene rings is 1. The highest BCUT2D eigenvalue weighted by Gasteiger charge is 2.31. The maximum Gasteiger partial charge on any atom is 0.320 e. The maximum absolute atomic E-state index is 11.2. The van der Waals surface area contributed by atoms with Crippen molar-refractivity contribution in [2.45, 2.75) is 38.8 Å². The minimum atomic E-state index is -0.785. The Morgan fingerprint density at radius 3 is 2.86 bits per heavy atom. The summed E-state index contributed by atoms with van der Waals surface area (Å²) in [6.45, 7) is 3.24. The van der Waals surface area contributed by atoms with E-state index in [1.807, 2.05) is 29.2 Å². The summed E-state index contributed by atoms with van der Waals surface area (Å²) in [7, 11) is 0. The second-order valence-electron chi connectivity index (χ2n) is 5.53. The van der Waals surface area contributed by atoms with Crippen LogP contribution >= 0.6 is 0 Å². The Kier molecular flexibility index (Phi) is 4.20. The number of nitrogens with zero attached hydrogens (tertiary/aromatic N) is 3. The number of aliphatic carboxylic acids is 1. The van der Waals surface area contributed by atoms with E-state index in [0.29, 0.717) is 24.7 Å². The van der Waals surface area contributed by atoms with Gasteiger partial charge in [0.15, 0.2) is 0 Å². The number of carboxylic acids is 1. The van der Waals surface area contributed by atoms with Gasteiger partial charge in [0.05, 0.1) is 6.54 Å². The fourth-order valence-corrected chi connectivity index (χ4v) is 2.79. The van der Waals surface area contributed by atoms with E-state index in [0.717, 1.165) is 24.9 Å². The molecule has 116 valence electrons. The van der Waals surface area contributed by atoms with Crippen LogP contribution in [0.2, 0.25) is 0 Å². The van der Waals surface area contributed by atoms with Gasteiger partial charge in [-0.1, -0.05) is 36.3 Å². The molecule has 2 heterocycles. The maximum atomic E-state index is 11.2. The molecule has 0 radical (unpaired) electrons. The molecule has 1 aromatic heterocycles. The van der Waals surface area contributed by atoms with E-state index < -0.39 is 12.0 Å². The normalized spacial score (nSPS) is 18.7. The van der Waals surface area contributed by atoms with E-state index in [1.165, 1.54) is 5.56 Å². The highest BCUT2D eigenvalue weighted by molar-refractivity contribution is 5.73. The molecule has 1 aromatic carbocycles. The Labute approximate surface area is 128 Å². The van der Waals surface area contributed by atoms with Crippen LogP contribution in [0, 0.1) is 0 Å². The molecule has 22 heavy (non-hydrogen) atoms. The molecule has 1 atom stereocenters. The van der Waals surface area contributed by atoms with Crippen LogP contribution in [0.3, 0.4) is 0 Å². The SMILES string of the molecule is CCc1ccc(-c2noc(CN3CCC[C@@H]3C(=O)O)n2)cc1. The molecule has 1 aliphatic heterocycles. The summed E-state index contributed by atoms with van der Waals surface area (Å²) in [5, 5.41) is 13.2. The van der Waals surface area contributed by atoms with Crippen LogP contribution in [0.15, 0.2) is 28.8 Å². The first-order valence-electron chi connectivity index (χ1n) is 7.56. The monoisotopic (exact) mass is 301 g/mol. The Balaban J connectivity index is 1.72. The minimum absolute atomic E-state index is 0.386. The third kappa shape index (κ3) is 3.01. The Hall–Kier alpha value is -2.21. The first-order valence-corrected chi connectivity index (χ1v) is 7.56. The van der Waals surface area contributed by atoms with Crippen molar-refractivity contribution in [1.82, 2.24) is 15.0 Å². The van der Waals surface area contributed by atoms with E-state index in [2.05, 4.69) is 17.1 Å². The summed E-state index contributed by atoms with van der Waals surface area (Å²) in [6, 6.07) is 7.60. The van der Waals surface area contributed by atoms with Gasteiger partial charge in [0.1, 0.15) is 6.04 Å². The lowest BCUT2D eigenvalue weighted by Gasteiger charge is -2.18. The van der Waals surface area contributed by atoms with Gasteiger partial charge < -0.3 is 9.63 Å². The van der Waals surface area contributed by atoms with E-state index in [9.17, 15) is 9.90 Å². The number of rotatable bonds is 5. The van der Waals surface area contributed by atoms with Crippen LogP contribution < -0.4 is 0 Å². The van der Waals surface area contributed by atoms with Crippen molar-refractivity contribution in [1.29, 1.82) is 0 Å². The molecule has 0 aliphatic carbocycles. The predicted octanol–water partition coefficient (Wildman–Crippen LogP) is 2.35. The quantitative estimate of drug-likeness (QED) is 0.913. The van der Waals surface area contributed by atoms with Gasteiger partial charge in [-0.15, -0.1) is 0 Å². The molecule has 0 saturated carbocycles. The molecule has 1 aliphatic rings. The topological polar surface area (TPSA) is 79.5 Å². The van der Waals surface area contributed by atoms with Crippen LogP contribution in [0.25, 0.3) is 11.4 Å².